The second-order valence-electron chi connectivity index (χ2n) is 9.16. The molecule has 2 aliphatic rings. The molecule has 212 valence electrons. The number of halogens is 1. The van der Waals surface area contributed by atoms with Crippen molar-refractivity contribution in [2.75, 3.05) is 11.9 Å². The van der Waals surface area contributed by atoms with Crippen molar-refractivity contribution in [2.45, 2.75) is 76.7 Å². The summed E-state index contributed by atoms with van der Waals surface area (Å²) in [6, 6.07) is 4.35. The number of fused-ring (bicyclic) bond motifs is 1. The molecule has 2 aliphatic heterocycles. The number of benzene rings is 1. The van der Waals surface area contributed by atoms with Gasteiger partial charge in [-0.15, -0.1) is 0 Å². The van der Waals surface area contributed by atoms with Gasteiger partial charge in [0.15, 0.2) is 23.9 Å². The Morgan fingerprint density at radius 2 is 1.49 bits per heavy atom. The van der Waals surface area contributed by atoms with Crippen molar-refractivity contribution in [3.63, 3.8) is 0 Å². The van der Waals surface area contributed by atoms with Crippen molar-refractivity contribution in [2.24, 2.45) is 0 Å². The zero-order valence-electron chi connectivity index (χ0n) is 21.6. The maximum Gasteiger partial charge on any atom is 0.303 e. The van der Waals surface area contributed by atoms with Crippen LogP contribution < -0.4 is 5.32 Å². The molecule has 6 atom stereocenters. The third-order valence-corrected chi connectivity index (χ3v) is 6.26. The van der Waals surface area contributed by atoms with Gasteiger partial charge in [0, 0.05) is 56.8 Å². The van der Waals surface area contributed by atoms with Gasteiger partial charge in [-0.3, -0.25) is 28.8 Å². The molecular formula is C25H28ClNO12. The molecule has 1 aromatic rings. The van der Waals surface area contributed by atoms with E-state index in [1.54, 1.807) is 0 Å². The Kier molecular flexibility index (Phi) is 9.30. The Labute approximate surface area is 228 Å². The minimum atomic E-state index is -2.24. The zero-order chi connectivity index (χ0) is 29.1. The number of anilines is 1. The smallest absolute Gasteiger partial charge is 0.303 e. The monoisotopic (exact) mass is 569 g/mol. The van der Waals surface area contributed by atoms with E-state index in [2.05, 4.69) is 5.32 Å². The molecule has 0 spiro atoms. The highest BCUT2D eigenvalue weighted by Crippen LogP contribution is 2.40. The SMILES string of the molecule is CC(=O)OC[C@H]1O[C@@H](CC(=O)CC2(O)C(=O)Nc3ccc(Cl)cc32)[C@H](OC(C)=O)[C@@H](OC(C)=O)[C@@H]1OC(C)=O. The average Bonchev–Trinajstić information content (AvgIpc) is 3.04. The van der Waals surface area contributed by atoms with Crippen molar-refractivity contribution in [3.8, 4) is 0 Å². The molecule has 1 amide bonds. The normalized spacial score (nSPS) is 27.5. The molecule has 2 N–H and O–H groups in total. The molecule has 0 aliphatic carbocycles. The first-order valence-electron chi connectivity index (χ1n) is 11.9. The summed E-state index contributed by atoms with van der Waals surface area (Å²) < 4.78 is 26.9. The maximum atomic E-state index is 13.2. The molecule has 0 radical (unpaired) electrons. The first kappa shape index (κ1) is 30.0. The quantitative estimate of drug-likeness (QED) is 0.318. The standard InChI is InChI=1S/C25H28ClNO12/c1-11(28)35-10-20-22(37-13(3)30)23(38-14(4)31)21(36-12(2)29)19(39-20)8-16(32)9-25(34)17-7-15(26)5-6-18(17)27-24(25)33/h5-7,19-23,34H,8-10H2,1-4H3,(H,27,33)/t19-,20+,21-,22+,23+,25?/m0/s1. The lowest BCUT2D eigenvalue weighted by atomic mass is 9.86. The van der Waals surface area contributed by atoms with Crippen molar-refractivity contribution in [3.05, 3.63) is 28.8 Å². The van der Waals surface area contributed by atoms with E-state index >= 15 is 0 Å². The largest absolute Gasteiger partial charge is 0.463 e. The molecule has 0 saturated carbocycles. The van der Waals surface area contributed by atoms with Crippen LogP contribution in [-0.2, 0) is 58.1 Å². The summed E-state index contributed by atoms with van der Waals surface area (Å²) in [5.41, 5.74) is -1.85. The Bertz CT molecular complexity index is 1190. The van der Waals surface area contributed by atoms with Gasteiger partial charge in [0.1, 0.15) is 24.6 Å². The Morgan fingerprint density at radius 1 is 0.923 bits per heavy atom. The van der Waals surface area contributed by atoms with Gasteiger partial charge in [0.25, 0.3) is 5.91 Å². The van der Waals surface area contributed by atoms with Crippen molar-refractivity contribution >= 4 is 52.9 Å². The fraction of sp³-hybridized carbons (Fsp3) is 0.520. The maximum absolute atomic E-state index is 13.2. The number of ketones is 1. The van der Waals surface area contributed by atoms with E-state index in [4.69, 9.17) is 35.3 Å². The summed E-state index contributed by atoms with van der Waals surface area (Å²) in [6.07, 6.45) is -8.04. The van der Waals surface area contributed by atoms with Gasteiger partial charge in [-0.1, -0.05) is 11.6 Å². The van der Waals surface area contributed by atoms with Crippen LogP contribution in [0.15, 0.2) is 18.2 Å². The molecule has 2 heterocycles. The molecule has 3 rings (SSSR count). The first-order chi connectivity index (χ1) is 18.2. The summed E-state index contributed by atoms with van der Waals surface area (Å²) in [4.78, 5) is 73.0. The van der Waals surface area contributed by atoms with Crippen LogP contribution in [0.25, 0.3) is 0 Å². The van der Waals surface area contributed by atoms with Crippen molar-refractivity contribution in [1.82, 2.24) is 0 Å². The number of esters is 4. The highest BCUT2D eigenvalue weighted by molar-refractivity contribution is 6.31. The van der Waals surface area contributed by atoms with Gasteiger partial charge in [0.05, 0.1) is 0 Å². The predicted octanol–water partition coefficient (Wildman–Crippen LogP) is 0.955. The number of hydrogen-bond acceptors (Lipinski definition) is 12. The van der Waals surface area contributed by atoms with Crippen LogP contribution >= 0.6 is 11.6 Å². The Morgan fingerprint density at radius 3 is 2.05 bits per heavy atom. The van der Waals surface area contributed by atoms with E-state index in [-0.39, 0.29) is 16.3 Å². The van der Waals surface area contributed by atoms with E-state index < -0.39 is 91.1 Å². The van der Waals surface area contributed by atoms with Crippen LogP contribution in [0.5, 0.6) is 0 Å². The number of Topliss-reactive ketones (excluding diaryl/α,β-unsaturated/α-hetero) is 1. The number of nitrogens with one attached hydrogen (secondary N) is 1. The Hall–Kier alpha value is -3.55. The van der Waals surface area contributed by atoms with Crippen LogP contribution in [0.3, 0.4) is 0 Å². The second-order valence-corrected chi connectivity index (χ2v) is 9.60. The molecule has 13 nitrogen and oxygen atoms in total. The second kappa shape index (κ2) is 12.1. The number of ether oxygens (including phenoxy) is 5. The van der Waals surface area contributed by atoms with Gasteiger partial charge < -0.3 is 34.1 Å². The lowest BCUT2D eigenvalue weighted by Gasteiger charge is -2.44. The van der Waals surface area contributed by atoms with Gasteiger partial charge >= 0.3 is 23.9 Å². The fourth-order valence-electron chi connectivity index (χ4n) is 4.56. The molecule has 1 fully saturated rings. The third kappa shape index (κ3) is 7.11. The number of carbonyl (C=O) groups is 6. The summed E-state index contributed by atoms with van der Waals surface area (Å²) in [6.45, 7) is 3.90. The van der Waals surface area contributed by atoms with Crippen LogP contribution in [0, 0.1) is 0 Å². The van der Waals surface area contributed by atoms with Crippen LogP contribution in [-0.4, -0.2) is 77.8 Å². The first-order valence-corrected chi connectivity index (χ1v) is 12.2. The summed E-state index contributed by atoms with van der Waals surface area (Å²) in [5, 5.41) is 13.9. The van der Waals surface area contributed by atoms with Gasteiger partial charge in [-0.2, -0.15) is 0 Å². The lowest BCUT2D eigenvalue weighted by molar-refractivity contribution is -0.252. The van der Waals surface area contributed by atoms with Crippen molar-refractivity contribution < 1.29 is 57.6 Å². The average molecular weight is 570 g/mol. The molecule has 0 bridgehead atoms. The van der Waals surface area contributed by atoms with Crippen LogP contribution in [0.2, 0.25) is 5.02 Å². The molecular weight excluding hydrogens is 542 g/mol. The molecule has 1 aromatic carbocycles. The molecule has 14 heteroatoms. The minimum Gasteiger partial charge on any atom is -0.463 e. The summed E-state index contributed by atoms with van der Waals surface area (Å²) in [7, 11) is 0. The minimum absolute atomic E-state index is 0.106. The molecule has 0 aromatic heterocycles. The van der Waals surface area contributed by atoms with Gasteiger partial charge in [-0.05, 0) is 18.2 Å². The van der Waals surface area contributed by atoms with Crippen molar-refractivity contribution in [1.29, 1.82) is 0 Å². The summed E-state index contributed by atoms with van der Waals surface area (Å²) >= 11 is 6.02. The highest BCUT2D eigenvalue weighted by Gasteiger charge is 2.53. The van der Waals surface area contributed by atoms with E-state index in [9.17, 15) is 33.9 Å². The number of carbonyl (C=O) groups excluding carboxylic acids is 6. The Balaban J connectivity index is 1.93. The van der Waals surface area contributed by atoms with Crippen LogP contribution in [0.1, 0.15) is 46.1 Å². The van der Waals surface area contributed by atoms with E-state index in [0.717, 1.165) is 27.7 Å². The molecule has 1 unspecified atom stereocenters. The van der Waals surface area contributed by atoms with E-state index in [1.807, 2.05) is 0 Å². The highest BCUT2D eigenvalue weighted by atomic mass is 35.5. The number of amides is 1. The van der Waals surface area contributed by atoms with Gasteiger partial charge in [0.2, 0.25) is 0 Å². The van der Waals surface area contributed by atoms with E-state index in [0.29, 0.717) is 0 Å². The third-order valence-electron chi connectivity index (χ3n) is 6.02. The topological polar surface area (TPSA) is 181 Å². The predicted molar refractivity (Wildman–Crippen MR) is 130 cm³/mol. The van der Waals surface area contributed by atoms with Crippen LogP contribution in [0.4, 0.5) is 5.69 Å². The fourth-order valence-corrected chi connectivity index (χ4v) is 4.73. The number of rotatable bonds is 9. The molecule has 39 heavy (non-hydrogen) atoms. The van der Waals surface area contributed by atoms with Gasteiger partial charge in [-0.25, -0.2) is 0 Å². The zero-order valence-corrected chi connectivity index (χ0v) is 22.3. The summed E-state index contributed by atoms with van der Waals surface area (Å²) in [5.74, 6) is -4.66. The number of aliphatic hydroxyl groups is 1. The number of hydrogen-bond donors (Lipinski definition) is 2. The molecule has 1 saturated heterocycles. The lowest BCUT2D eigenvalue weighted by Crippen LogP contribution is -2.62. The van der Waals surface area contributed by atoms with E-state index in [1.165, 1.54) is 18.2 Å².